The SMILES string of the molecule is COc1cccc(Oc2ccccc2C(=O)Nc2ccccc2C=CC(=O)NO)c1. The van der Waals surface area contributed by atoms with E-state index in [4.69, 9.17) is 14.7 Å². The first-order valence-corrected chi connectivity index (χ1v) is 9.04. The van der Waals surface area contributed by atoms with Crippen LogP contribution in [0.5, 0.6) is 17.2 Å². The molecule has 3 aromatic rings. The summed E-state index contributed by atoms with van der Waals surface area (Å²) in [7, 11) is 1.57. The van der Waals surface area contributed by atoms with Crippen LogP contribution in [0.3, 0.4) is 0 Å². The van der Waals surface area contributed by atoms with Crippen LogP contribution in [0.25, 0.3) is 6.08 Å². The minimum atomic E-state index is -0.673. The number of hydrogen-bond acceptors (Lipinski definition) is 5. The quantitative estimate of drug-likeness (QED) is 0.311. The number of rotatable bonds is 7. The zero-order valence-electron chi connectivity index (χ0n) is 16.2. The van der Waals surface area contributed by atoms with Crippen molar-refractivity contribution in [3.05, 3.63) is 90.0 Å². The van der Waals surface area contributed by atoms with Gasteiger partial charge in [0.25, 0.3) is 11.8 Å². The Kier molecular flexibility index (Phi) is 6.81. The summed E-state index contributed by atoms with van der Waals surface area (Å²) in [6.07, 6.45) is 2.64. The van der Waals surface area contributed by atoms with Gasteiger partial charge < -0.3 is 14.8 Å². The Balaban J connectivity index is 1.83. The normalized spacial score (nSPS) is 10.5. The summed E-state index contributed by atoms with van der Waals surface area (Å²) in [6.45, 7) is 0. The maximum absolute atomic E-state index is 12.9. The van der Waals surface area contributed by atoms with Gasteiger partial charge in [0, 0.05) is 17.8 Å². The molecule has 0 spiro atoms. The van der Waals surface area contributed by atoms with E-state index in [0.29, 0.717) is 34.1 Å². The Morgan fingerprint density at radius 2 is 1.67 bits per heavy atom. The molecule has 0 radical (unpaired) electrons. The number of methoxy groups -OCH3 is 1. The molecule has 2 amide bonds. The smallest absolute Gasteiger partial charge is 0.267 e. The van der Waals surface area contributed by atoms with E-state index in [9.17, 15) is 9.59 Å². The number of para-hydroxylation sites is 2. The Morgan fingerprint density at radius 1 is 0.933 bits per heavy atom. The van der Waals surface area contributed by atoms with Crippen LogP contribution in [0, 0.1) is 0 Å². The van der Waals surface area contributed by atoms with Crippen LogP contribution >= 0.6 is 0 Å². The van der Waals surface area contributed by atoms with E-state index in [1.807, 2.05) is 0 Å². The molecule has 0 saturated heterocycles. The van der Waals surface area contributed by atoms with E-state index in [1.165, 1.54) is 11.6 Å². The van der Waals surface area contributed by atoms with Gasteiger partial charge in [-0.2, -0.15) is 0 Å². The van der Waals surface area contributed by atoms with Crippen LogP contribution in [0.1, 0.15) is 15.9 Å². The van der Waals surface area contributed by atoms with Gasteiger partial charge in [-0.15, -0.1) is 0 Å². The summed E-state index contributed by atoms with van der Waals surface area (Å²) >= 11 is 0. The van der Waals surface area contributed by atoms with Crippen LogP contribution < -0.4 is 20.3 Å². The number of hydroxylamine groups is 1. The molecule has 0 unspecified atom stereocenters. The minimum absolute atomic E-state index is 0.340. The van der Waals surface area contributed by atoms with Crippen LogP contribution in [-0.4, -0.2) is 24.1 Å². The summed E-state index contributed by atoms with van der Waals surface area (Å²) in [4.78, 5) is 24.2. The van der Waals surface area contributed by atoms with E-state index in [2.05, 4.69) is 5.32 Å². The monoisotopic (exact) mass is 404 g/mol. The van der Waals surface area contributed by atoms with Gasteiger partial charge in [0.1, 0.15) is 17.2 Å². The molecule has 7 nitrogen and oxygen atoms in total. The number of benzene rings is 3. The third kappa shape index (κ3) is 5.24. The summed E-state index contributed by atoms with van der Waals surface area (Å²) in [5.74, 6) is 0.514. The minimum Gasteiger partial charge on any atom is -0.497 e. The first-order chi connectivity index (χ1) is 14.6. The van der Waals surface area contributed by atoms with E-state index >= 15 is 0 Å². The number of ether oxygens (including phenoxy) is 2. The largest absolute Gasteiger partial charge is 0.497 e. The molecule has 30 heavy (non-hydrogen) atoms. The summed E-state index contributed by atoms with van der Waals surface area (Å²) in [5.41, 5.74) is 2.96. The van der Waals surface area contributed by atoms with E-state index < -0.39 is 5.91 Å². The van der Waals surface area contributed by atoms with Crippen LogP contribution in [-0.2, 0) is 4.79 Å². The number of anilines is 1. The number of carbonyl (C=O) groups excluding carboxylic acids is 2. The van der Waals surface area contributed by atoms with E-state index in [0.717, 1.165) is 6.08 Å². The van der Waals surface area contributed by atoms with E-state index in [-0.39, 0.29) is 5.91 Å². The van der Waals surface area contributed by atoms with Crippen molar-refractivity contribution in [3.8, 4) is 17.2 Å². The third-order valence-electron chi connectivity index (χ3n) is 4.13. The first-order valence-electron chi connectivity index (χ1n) is 9.04. The molecule has 0 heterocycles. The zero-order valence-corrected chi connectivity index (χ0v) is 16.2. The predicted octanol–water partition coefficient (Wildman–Crippen LogP) is 4.26. The summed E-state index contributed by atoms with van der Waals surface area (Å²) in [6, 6.07) is 20.9. The van der Waals surface area contributed by atoms with Crippen molar-refractivity contribution in [1.82, 2.24) is 5.48 Å². The number of nitrogens with one attached hydrogen (secondary N) is 2. The third-order valence-corrected chi connectivity index (χ3v) is 4.13. The average Bonchev–Trinajstić information content (AvgIpc) is 2.78. The lowest BCUT2D eigenvalue weighted by molar-refractivity contribution is -0.124. The number of carbonyl (C=O) groups is 2. The first kappa shape index (κ1) is 20.6. The second-order valence-corrected chi connectivity index (χ2v) is 6.13. The lowest BCUT2D eigenvalue weighted by atomic mass is 10.1. The Labute approximate surface area is 173 Å². The molecule has 0 aliphatic heterocycles. The molecular weight excluding hydrogens is 384 g/mol. The summed E-state index contributed by atoms with van der Waals surface area (Å²) < 4.78 is 11.1. The topological polar surface area (TPSA) is 96.9 Å². The number of hydrogen-bond donors (Lipinski definition) is 3. The fourth-order valence-corrected chi connectivity index (χ4v) is 2.68. The van der Waals surface area contributed by atoms with Crippen LogP contribution in [0.15, 0.2) is 78.9 Å². The van der Waals surface area contributed by atoms with Crippen LogP contribution in [0.2, 0.25) is 0 Å². The fraction of sp³-hybridized carbons (Fsp3) is 0.0435. The van der Waals surface area contributed by atoms with Gasteiger partial charge in [0.15, 0.2) is 0 Å². The second kappa shape index (κ2) is 9.90. The Bertz CT molecular complexity index is 1080. The second-order valence-electron chi connectivity index (χ2n) is 6.13. The van der Waals surface area contributed by atoms with Gasteiger partial charge in [-0.1, -0.05) is 36.4 Å². The van der Waals surface area contributed by atoms with Crippen molar-refractivity contribution in [2.75, 3.05) is 12.4 Å². The maximum Gasteiger partial charge on any atom is 0.267 e. The van der Waals surface area contributed by atoms with E-state index in [1.54, 1.807) is 79.9 Å². The highest BCUT2D eigenvalue weighted by atomic mass is 16.5. The summed E-state index contributed by atoms with van der Waals surface area (Å²) in [5, 5.41) is 11.4. The molecule has 152 valence electrons. The maximum atomic E-state index is 12.9. The molecule has 0 atom stereocenters. The molecule has 3 aromatic carbocycles. The van der Waals surface area contributed by atoms with Crippen molar-refractivity contribution >= 4 is 23.6 Å². The molecular formula is C23H20N2O5. The number of amides is 2. The van der Waals surface area contributed by atoms with Crippen molar-refractivity contribution in [2.24, 2.45) is 0 Å². The van der Waals surface area contributed by atoms with Gasteiger partial charge in [-0.05, 0) is 42.0 Å². The van der Waals surface area contributed by atoms with Gasteiger partial charge in [0.05, 0.1) is 12.7 Å². The molecule has 0 aromatic heterocycles. The molecule has 0 bridgehead atoms. The van der Waals surface area contributed by atoms with Gasteiger partial charge >= 0.3 is 0 Å². The van der Waals surface area contributed by atoms with Crippen LogP contribution in [0.4, 0.5) is 5.69 Å². The highest BCUT2D eigenvalue weighted by molar-refractivity contribution is 6.07. The van der Waals surface area contributed by atoms with Crippen molar-refractivity contribution in [3.63, 3.8) is 0 Å². The molecule has 3 rings (SSSR count). The lowest BCUT2D eigenvalue weighted by Gasteiger charge is -2.13. The fourth-order valence-electron chi connectivity index (χ4n) is 2.68. The molecule has 7 heteroatoms. The zero-order chi connectivity index (χ0) is 21.3. The highest BCUT2D eigenvalue weighted by Crippen LogP contribution is 2.29. The molecule has 0 fully saturated rings. The molecule has 3 N–H and O–H groups in total. The van der Waals surface area contributed by atoms with Crippen molar-refractivity contribution < 1.29 is 24.3 Å². The molecule has 0 aliphatic rings. The van der Waals surface area contributed by atoms with Gasteiger partial charge in [-0.25, -0.2) is 5.48 Å². The Morgan fingerprint density at radius 3 is 2.47 bits per heavy atom. The van der Waals surface area contributed by atoms with Gasteiger partial charge in [-0.3, -0.25) is 14.8 Å². The average molecular weight is 404 g/mol. The standard InChI is InChI=1S/C23H20N2O5/c1-29-17-8-6-9-18(15-17)30-21-12-5-3-10-19(21)23(27)24-20-11-4-2-7-16(20)13-14-22(26)25-28/h2-15,28H,1H3,(H,24,27)(H,25,26). The molecule has 0 saturated carbocycles. The van der Waals surface area contributed by atoms with Crippen molar-refractivity contribution in [1.29, 1.82) is 0 Å². The predicted molar refractivity (Wildman–Crippen MR) is 113 cm³/mol. The Hall–Kier alpha value is -4.10. The highest BCUT2D eigenvalue weighted by Gasteiger charge is 2.14. The van der Waals surface area contributed by atoms with Gasteiger partial charge in [0.2, 0.25) is 0 Å². The lowest BCUT2D eigenvalue weighted by Crippen LogP contribution is -2.15. The molecule has 0 aliphatic carbocycles. The van der Waals surface area contributed by atoms with Crippen molar-refractivity contribution in [2.45, 2.75) is 0 Å².